The molecular weight excluding hydrogens is 360 g/mol. The molecule has 1 amide bonds. The zero-order valence-corrected chi connectivity index (χ0v) is 15.6. The Labute approximate surface area is 161 Å². The summed E-state index contributed by atoms with van der Waals surface area (Å²) >= 11 is 1.49. The minimum absolute atomic E-state index is 0.0869. The second-order valence-electron chi connectivity index (χ2n) is 6.84. The molecule has 0 bridgehead atoms. The number of aliphatic imine (C=N–C) groups is 1. The van der Waals surface area contributed by atoms with Crippen LogP contribution >= 0.6 is 11.8 Å². The van der Waals surface area contributed by atoms with Crippen LogP contribution in [0.15, 0.2) is 53.0 Å². The van der Waals surface area contributed by atoms with Gasteiger partial charge >= 0.3 is 0 Å². The van der Waals surface area contributed by atoms with Gasteiger partial charge in [0.15, 0.2) is 5.17 Å². The lowest BCUT2D eigenvalue weighted by molar-refractivity contribution is -0.125. The second kappa shape index (κ2) is 6.16. The van der Waals surface area contributed by atoms with Crippen LogP contribution in [0.4, 0.5) is 0 Å². The van der Waals surface area contributed by atoms with E-state index in [1.165, 1.54) is 17.3 Å². The summed E-state index contributed by atoms with van der Waals surface area (Å²) in [4.78, 5) is 19.3. The van der Waals surface area contributed by atoms with Gasteiger partial charge in [0.05, 0.1) is 24.6 Å². The number of phenolic OH excluding ortho intramolecular Hbond substituents is 1. The van der Waals surface area contributed by atoms with Crippen molar-refractivity contribution >= 4 is 28.5 Å². The van der Waals surface area contributed by atoms with Gasteiger partial charge in [0, 0.05) is 5.56 Å². The molecule has 6 heteroatoms. The number of fused-ring (bicyclic) bond motifs is 3. The fraction of sp³-hybridized carbons (Fsp3) is 0.238. The Balaban J connectivity index is 1.69. The highest BCUT2D eigenvalue weighted by Crippen LogP contribution is 2.48. The number of carbonyl (C=O) groups is 1. The van der Waals surface area contributed by atoms with E-state index in [0.29, 0.717) is 5.75 Å². The highest BCUT2D eigenvalue weighted by molar-refractivity contribution is 8.15. The first kappa shape index (κ1) is 16.4. The molecule has 0 aromatic heterocycles. The third-order valence-corrected chi connectivity index (χ3v) is 6.28. The summed E-state index contributed by atoms with van der Waals surface area (Å²) in [5.74, 6) is 1.58. The maximum Gasteiger partial charge on any atom is 0.239 e. The van der Waals surface area contributed by atoms with Gasteiger partial charge in [-0.3, -0.25) is 9.69 Å². The molecule has 27 heavy (non-hydrogen) atoms. The lowest BCUT2D eigenvalue weighted by atomic mass is 9.82. The smallest absolute Gasteiger partial charge is 0.239 e. The fourth-order valence-electron chi connectivity index (χ4n) is 4.06. The van der Waals surface area contributed by atoms with E-state index >= 15 is 0 Å². The molecule has 3 aliphatic rings. The monoisotopic (exact) mass is 378 g/mol. The number of benzene rings is 2. The molecule has 2 aromatic rings. The number of hydrogen-bond donors (Lipinski definition) is 1. The molecular formula is C21H18N2O3S. The van der Waals surface area contributed by atoms with E-state index in [4.69, 9.17) is 9.73 Å². The van der Waals surface area contributed by atoms with Crippen molar-refractivity contribution in [3.63, 3.8) is 0 Å². The predicted octanol–water partition coefficient (Wildman–Crippen LogP) is 3.74. The van der Waals surface area contributed by atoms with Gasteiger partial charge in [0.2, 0.25) is 5.91 Å². The largest absolute Gasteiger partial charge is 0.508 e. The molecule has 1 atom stereocenters. The summed E-state index contributed by atoms with van der Waals surface area (Å²) in [5, 5.41) is 10.4. The topological polar surface area (TPSA) is 62.1 Å². The Morgan fingerprint density at radius 2 is 2.00 bits per heavy atom. The molecule has 5 nitrogen and oxygen atoms in total. The minimum Gasteiger partial charge on any atom is -0.508 e. The SMILES string of the molecule is COc1ccc2c(c1)CCC1=C2N=C2SCC(=O)N2C1c1ccc(O)cc1. The lowest BCUT2D eigenvalue weighted by Crippen LogP contribution is -2.38. The van der Waals surface area contributed by atoms with E-state index in [9.17, 15) is 9.90 Å². The molecule has 0 radical (unpaired) electrons. The highest BCUT2D eigenvalue weighted by Gasteiger charge is 2.42. The van der Waals surface area contributed by atoms with Crippen LogP contribution in [0.2, 0.25) is 0 Å². The van der Waals surface area contributed by atoms with Gasteiger partial charge in [-0.15, -0.1) is 0 Å². The number of hydrogen-bond acceptors (Lipinski definition) is 5. The first-order chi connectivity index (χ1) is 13.2. The Kier molecular flexibility index (Phi) is 3.75. The lowest BCUT2D eigenvalue weighted by Gasteiger charge is -2.37. The summed E-state index contributed by atoms with van der Waals surface area (Å²) in [6.45, 7) is 0. The summed E-state index contributed by atoms with van der Waals surface area (Å²) in [6, 6.07) is 13.1. The first-order valence-electron chi connectivity index (χ1n) is 8.88. The molecule has 136 valence electrons. The summed E-state index contributed by atoms with van der Waals surface area (Å²) in [7, 11) is 1.68. The van der Waals surface area contributed by atoms with E-state index in [0.717, 1.165) is 46.2 Å². The van der Waals surface area contributed by atoms with Gasteiger partial charge < -0.3 is 9.84 Å². The third kappa shape index (κ3) is 2.55. The van der Waals surface area contributed by atoms with Crippen LogP contribution in [0.25, 0.3) is 5.70 Å². The molecule has 1 saturated heterocycles. The van der Waals surface area contributed by atoms with Crippen molar-refractivity contribution in [2.24, 2.45) is 4.99 Å². The summed E-state index contributed by atoms with van der Waals surface area (Å²) in [6.07, 6.45) is 1.73. The van der Waals surface area contributed by atoms with Crippen LogP contribution in [0.3, 0.4) is 0 Å². The van der Waals surface area contributed by atoms with Gasteiger partial charge in [-0.1, -0.05) is 23.9 Å². The quantitative estimate of drug-likeness (QED) is 0.865. The van der Waals surface area contributed by atoms with Crippen LogP contribution in [-0.4, -0.2) is 33.9 Å². The molecule has 0 saturated carbocycles. The second-order valence-corrected chi connectivity index (χ2v) is 7.78. The Morgan fingerprint density at radius 3 is 2.78 bits per heavy atom. The Hall–Kier alpha value is -2.73. The molecule has 1 unspecified atom stereocenters. The van der Waals surface area contributed by atoms with Crippen LogP contribution in [-0.2, 0) is 11.2 Å². The van der Waals surface area contributed by atoms with Gasteiger partial charge in [-0.25, -0.2) is 4.99 Å². The molecule has 2 heterocycles. The third-order valence-electron chi connectivity index (χ3n) is 5.34. The minimum atomic E-state index is -0.161. The van der Waals surface area contributed by atoms with Gasteiger partial charge in [0.25, 0.3) is 0 Å². The van der Waals surface area contributed by atoms with Crippen LogP contribution < -0.4 is 4.74 Å². The van der Waals surface area contributed by atoms with Crippen molar-refractivity contribution in [1.29, 1.82) is 0 Å². The van der Waals surface area contributed by atoms with Crippen molar-refractivity contribution in [3.05, 3.63) is 64.7 Å². The van der Waals surface area contributed by atoms with Gasteiger partial charge in [-0.2, -0.15) is 0 Å². The van der Waals surface area contributed by atoms with Crippen LogP contribution in [0, 0.1) is 0 Å². The van der Waals surface area contributed by atoms with Crippen molar-refractivity contribution in [3.8, 4) is 11.5 Å². The molecule has 2 aliphatic heterocycles. The number of aryl methyl sites for hydroxylation is 1. The zero-order valence-electron chi connectivity index (χ0n) is 14.8. The van der Waals surface area contributed by atoms with E-state index in [-0.39, 0.29) is 17.7 Å². The molecule has 5 rings (SSSR count). The number of methoxy groups -OCH3 is 1. The standard InChI is InChI=1S/C21H18N2O3S/c1-26-15-7-9-16-13(10-15)4-8-17-19(16)22-21-23(18(25)11-27-21)20(17)12-2-5-14(24)6-3-12/h2-3,5-7,9-10,20,24H,4,8,11H2,1H3. The van der Waals surface area contributed by atoms with Crippen molar-refractivity contribution in [1.82, 2.24) is 4.90 Å². The molecule has 1 fully saturated rings. The molecule has 1 aliphatic carbocycles. The first-order valence-corrected chi connectivity index (χ1v) is 9.87. The van der Waals surface area contributed by atoms with Crippen LogP contribution in [0.1, 0.15) is 29.2 Å². The van der Waals surface area contributed by atoms with E-state index in [2.05, 4.69) is 12.1 Å². The maximum absolute atomic E-state index is 12.6. The van der Waals surface area contributed by atoms with E-state index < -0.39 is 0 Å². The molecule has 2 aromatic carbocycles. The van der Waals surface area contributed by atoms with E-state index in [1.54, 1.807) is 19.2 Å². The summed E-state index contributed by atoms with van der Waals surface area (Å²) in [5.41, 5.74) is 5.49. The van der Waals surface area contributed by atoms with Crippen molar-refractivity contribution in [2.75, 3.05) is 12.9 Å². The van der Waals surface area contributed by atoms with Gasteiger partial charge in [-0.05, 0) is 59.9 Å². The molecule has 1 N–H and O–H groups in total. The van der Waals surface area contributed by atoms with Crippen molar-refractivity contribution in [2.45, 2.75) is 18.9 Å². The average Bonchev–Trinajstić information content (AvgIpc) is 3.07. The number of thioether (sulfide) groups is 1. The summed E-state index contributed by atoms with van der Waals surface area (Å²) < 4.78 is 5.37. The normalized spacial score (nSPS) is 20.8. The number of ether oxygens (including phenoxy) is 1. The maximum atomic E-state index is 12.6. The number of rotatable bonds is 2. The van der Waals surface area contributed by atoms with Gasteiger partial charge in [0.1, 0.15) is 11.5 Å². The Bertz CT molecular complexity index is 1010. The van der Waals surface area contributed by atoms with Crippen molar-refractivity contribution < 1.29 is 14.6 Å². The molecule has 0 spiro atoms. The number of amidine groups is 1. The number of amides is 1. The average molecular weight is 378 g/mol. The Morgan fingerprint density at radius 1 is 1.19 bits per heavy atom. The number of aromatic hydroxyl groups is 1. The zero-order chi connectivity index (χ0) is 18.5. The highest BCUT2D eigenvalue weighted by atomic mass is 32.2. The predicted molar refractivity (Wildman–Crippen MR) is 106 cm³/mol. The number of nitrogens with zero attached hydrogens (tertiary/aromatic N) is 2. The van der Waals surface area contributed by atoms with Crippen LogP contribution in [0.5, 0.6) is 11.5 Å². The number of carbonyl (C=O) groups excluding carboxylic acids is 1. The van der Waals surface area contributed by atoms with E-state index in [1.807, 2.05) is 23.1 Å². The fourth-order valence-corrected chi connectivity index (χ4v) is 4.96. The number of phenols is 1.